The maximum atomic E-state index is 13.2. The van der Waals surface area contributed by atoms with E-state index in [9.17, 15) is 81.5 Å². The second-order valence-electron chi connectivity index (χ2n) is 21.4. The van der Waals surface area contributed by atoms with E-state index in [1.165, 1.54) is 27.9 Å². The number of hydrogen-bond donors (Lipinski definition) is 2. The maximum absolute atomic E-state index is 13.2. The highest BCUT2D eigenvalue weighted by atomic mass is 19.4. The number of amides is 5. The molecule has 79 heavy (non-hydrogen) atoms. The Kier molecular flexibility index (Phi) is 19.9. The second kappa shape index (κ2) is 24.1. The van der Waals surface area contributed by atoms with Crippen LogP contribution in [0.25, 0.3) is 0 Å². The van der Waals surface area contributed by atoms with Gasteiger partial charge in [-0.3, -0.25) is 14.6 Å². The molecular formula is C46H64F12N10O11. The third-order valence-corrected chi connectivity index (χ3v) is 12.9. The van der Waals surface area contributed by atoms with E-state index in [0.29, 0.717) is 50.7 Å². The van der Waals surface area contributed by atoms with Crippen LogP contribution in [-0.2, 0) is 45.1 Å². The van der Waals surface area contributed by atoms with Crippen LogP contribution >= 0.6 is 0 Å². The number of alkyl halides is 12. The number of aromatic carboxylic acids is 1. The third kappa shape index (κ3) is 18.0. The fraction of sp³-hybridized carbons (Fsp3) is 0.739. The van der Waals surface area contributed by atoms with E-state index in [1.807, 2.05) is 6.92 Å². The molecular weight excluding hydrogens is 1100 g/mol. The molecule has 0 bridgehead atoms. The van der Waals surface area contributed by atoms with Gasteiger partial charge in [-0.2, -0.15) is 52.7 Å². The molecule has 4 aliphatic rings. The SMILES string of the molecule is CC(C)(C)OC(=O)N1CCn2cc(C(=O)O)nc2C1.CN(C(=O)c1cn2c(n1)CN(C(=O)OC(C)(C)C)CC2)C1(C)CCN(C(=O)OC(C(F)(F)F)C(F)(F)F)CC1.CNC1(C)CCN(C(=O)OC(C(F)(F)F)C(F)(F)F)CC1. The van der Waals surface area contributed by atoms with Gasteiger partial charge in [0, 0.05) is 82.9 Å². The first-order valence-corrected chi connectivity index (χ1v) is 24.3. The number of ether oxygens (including phenoxy) is 4. The molecule has 0 spiro atoms. The van der Waals surface area contributed by atoms with Gasteiger partial charge in [-0.15, -0.1) is 0 Å². The van der Waals surface area contributed by atoms with Crippen LogP contribution in [0.4, 0.5) is 71.9 Å². The van der Waals surface area contributed by atoms with Crippen molar-refractivity contribution in [1.82, 2.24) is 48.9 Å². The lowest BCUT2D eigenvalue weighted by Gasteiger charge is -2.44. The number of rotatable bonds is 6. The lowest BCUT2D eigenvalue weighted by molar-refractivity contribution is -0.309. The summed E-state index contributed by atoms with van der Waals surface area (Å²) in [6, 6.07) is 0. The number of imidazole rings is 2. The molecule has 5 amide bonds. The fourth-order valence-corrected chi connectivity index (χ4v) is 8.02. The Labute approximate surface area is 445 Å². The molecule has 2 fully saturated rings. The van der Waals surface area contributed by atoms with Gasteiger partial charge in [-0.05, 0) is 88.1 Å². The molecule has 0 radical (unpaired) electrons. The average Bonchev–Trinajstić information content (AvgIpc) is 3.95. The van der Waals surface area contributed by atoms with E-state index < -0.39 is 89.9 Å². The van der Waals surface area contributed by atoms with Crippen molar-refractivity contribution < 1.29 is 106 Å². The monoisotopic (exact) mass is 1160 g/mol. The normalized spacial score (nSPS) is 17.8. The van der Waals surface area contributed by atoms with Crippen LogP contribution in [0.3, 0.4) is 0 Å². The molecule has 21 nitrogen and oxygen atoms in total. The number of piperidine rings is 2. The van der Waals surface area contributed by atoms with Crippen LogP contribution in [0.5, 0.6) is 0 Å². The number of fused-ring (bicyclic) bond motifs is 2. The molecule has 2 aromatic heterocycles. The lowest BCUT2D eigenvalue weighted by atomic mass is 9.88. The van der Waals surface area contributed by atoms with Crippen molar-refractivity contribution in [3.63, 3.8) is 0 Å². The van der Waals surface area contributed by atoms with Crippen LogP contribution < -0.4 is 5.32 Å². The van der Waals surface area contributed by atoms with Crippen LogP contribution in [0, 0.1) is 0 Å². The maximum Gasteiger partial charge on any atom is 0.434 e. The predicted octanol–water partition coefficient (Wildman–Crippen LogP) is 8.21. The van der Waals surface area contributed by atoms with Gasteiger partial charge in [0.25, 0.3) is 18.1 Å². The molecule has 0 unspecified atom stereocenters. The highest BCUT2D eigenvalue weighted by Gasteiger charge is 2.61. The molecule has 2 N–H and O–H groups in total. The standard InChI is InChI=1S/C23H31F6N5O5.C12H17N3O4.C11H16F6N2O2/c1-20(2,3)39-19(37)34-11-10-33-12-14(30-15(33)13-34)16(35)31(5)21(4)6-8-32(9-7-21)18(36)38-17(22(24,25)26)23(27,28)29;1-12(2,3)19-11(18)15-5-4-14-6-8(10(16)17)13-9(14)7-15;1-9(18-2)3-5-19(6-4-9)8(20)21-7(10(12,13)14)11(15,16)17/h12,17H,6-11,13H2,1-5H3;6H,4-5,7H2,1-3H3,(H,16,17);7,18H,3-6H2,1-2H3. The quantitative estimate of drug-likeness (QED) is 0.206. The summed E-state index contributed by atoms with van der Waals surface area (Å²) in [4.78, 5) is 86.3. The topological polar surface area (TPSA) is 223 Å². The van der Waals surface area contributed by atoms with E-state index in [2.05, 4.69) is 24.8 Å². The molecule has 0 atom stereocenters. The Bertz CT molecular complexity index is 2460. The van der Waals surface area contributed by atoms with Gasteiger partial charge in [0.05, 0.1) is 13.1 Å². The molecule has 0 aliphatic carbocycles. The fourth-order valence-electron chi connectivity index (χ4n) is 8.02. The number of carboxylic acid groups (broad SMARTS) is 1. The number of carbonyl (C=O) groups is 6. The average molecular weight is 1160 g/mol. The zero-order chi connectivity index (χ0) is 60.2. The first kappa shape index (κ1) is 65.1. The summed E-state index contributed by atoms with van der Waals surface area (Å²) in [5, 5.41) is 11.9. The first-order valence-electron chi connectivity index (χ1n) is 24.3. The van der Waals surface area contributed by atoms with Crippen LogP contribution in [-0.4, -0.2) is 198 Å². The Morgan fingerprint density at radius 3 is 1.23 bits per heavy atom. The number of nitrogens with zero attached hydrogens (tertiary/aromatic N) is 9. The van der Waals surface area contributed by atoms with E-state index in [4.69, 9.17) is 14.6 Å². The number of nitrogens with one attached hydrogen (secondary N) is 1. The number of hydrogen-bond acceptors (Lipinski definition) is 13. The molecule has 33 heteroatoms. The summed E-state index contributed by atoms with van der Waals surface area (Å²) in [6.07, 6.45) is -31.6. The van der Waals surface area contributed by atoms with Crippen molar-refractivity contribution in [3.8, 4) is 0 Å². The second-order valence-corrected chi connectivity index (χ2v) is 21.4. The summed E-state index contributed by atoms with van der Waals surface area (Å²) >= 11 is 0. The Morgan fingerprint density at radius 1 is 0.557 bits per heavy atom. The van der Waals surface area contributed by atoms with Crippen molar-refractivity contribution >= 4 is 36.2 Å². The lowest BCUT2D eigenvalue weighted by Crippen LogP contribution is -2.56. The largest absolute Gasteiger partial charge is 0.476 e. The van der Waals surface area contributed by atoms with Gasteiger partial charge in [-0.25, -0.2) is 33.9 Å². The Balaban J connectivity index is 0.000000282. The summed E-state index contributed by atoms with van der Waals surface area (Å²) < 4.78 is 172. The molecule has 2 saturated heterocycles. The first-order chi connectivity index (χ1) is 35.9. The van der Waals surface area contributed by atoms with E-state index in [0.717, 1.165) is 9.80 Å². The zero-order valence-corrected chi connectivity index (χ0v) is 44.8. The third-order valence-electron chi connectivity index (χ3n) is 12.9. The summed E-state index contributed by atoms with van der Waals surface area (Å²) in [6.45, 7) is 16.0. The zero-order valence-electron chi connectivity index (χ0n) is 44.8. The molecule has 4 aliphatic heterocycles. The van der Waals surface area contributed by atoms with Crippen molar-refractivity contribution in [2.45, 2.75) is 166 Å². The smallest absolute Gasteiger partial charge is 0.434 e. The number of halogens is 12. The van der Waals surface area contributed by atoms with Gasteiger partial charge >= 0.3 is 55.0 Å². The minimum absolute atomic E-state index is 0.000962. The van der Waals surface area contributed by atoms with Crippen LogP contribution in [0.15, 0.2) is 12.4 Å². The molecule has 6 rings (SSSR count). The van der Waals surface area contributed by atoms with E-state index in [1.54, 1.807) is 70.8 Å². The number of carboxylic acids is 1. The molecule has 2 aromatic rings. The summed E-state index contributed by atoms with van der Waals surface area (Å²) in [5.74, 6) is -0.482. The molecule has 0 saturated carbocycles. The highest BCUT2D eigenvalue weighted by Crippen LogP contribution is 2.38. The van der Waals surface area contributed by atoms with Gasteiger partial charge in [-0.1, -0.05) is 0 Å². The minimum atomic E-state index is -5.81. The van der Waals surface area contributed by atoms with E-state index in [-0.39, 0.29) is 69.0 Å². The van der Waals surface area contributed by atoms with Gasteiger partial charge < -0.3 is 53.2 Å². The van der Waals surface area contributed by atoms with Crippen molar-refractivity contribution in [1.29, 1.82) is 0 Å². The van der Waals surface area contributed by atoms with Gasteiger partial charge in [0.15, 0.2) is 5.69 Å². The number of carbonyl (C=O) groups excluding carboxylic acids is 5. The van der Waals surface area contributed by atoms with E-state index >= 15 is 0 Å². The molecule has 0 aromatic carbocycles. The van der Waals surface area contributed by atoms with Crippen molar-refractivity contribution in [2.24, 2.45) is 0 Å². The minimum Gasteiger partial charge on any atom is -0.476 e. The van der Waals surface area contributed by atoms with Crippen LogP contribution in [0.2, 0.25) is 0 Å². The van der Waals surface area contributed by atoms with Gasteiger partial charge in [0.2, 0.25) is 0 Å². The summed E-state index contributed by atoms with van der Waals surface area (Å²) in [7, 11) is 3.20. The number of aromatic nitrogens is 4. The van der Waals surface area contributed by atoms with Crippen molar-refractivity contribution in [2.75, 3.05) is 53.4 Å². The predicted molar refractivity (Wildman–Crippen MR) is 249 cm³/mol. The van der Waals surface area contributed by atoms with Crippen LogP contribution in [0.1, 0.15) is 114 Å². The number of likely N-dealkylation sites (tertiary alicyclic amines) is 2. The Hall–Kier alpha value is -6.44. The Morgan fingerprint density at radius 2 is 0.899 bits per heavy atom. The molecule has 448 valence electrons. The summed E-state index contributed by atoms with van der Waals surface area (Å²) in [5.41, 5.74) is -2.27. The van der Waals surface area contributed by atoms with Crippen molar-refractivity contribution in [3.05, 3.63) is 35.4 Å². The van der Waals surface area contributed by atoms with Gasteiger partial charge in [0.1, 0.15) is 28.5 Å². The highest BCUT2D eigenvalue weighted by molar-refractivity contribution is 5.92. The molecule has 6 heterocycles.